The van der Waals surface area contributed by atoms with Crippen molar-refractivity contribution in [1.29, 1.82) is 0 Å². The highest BCUT2D eigenvalue weighted by molar-refractivity contribution is 7.98. The highest BCUT2D eigenvalue weighted by Gasteiger charge is 2.08. The number of fused-ring (bicyclic) bond motifs is 1. The molecule has 0 saturated carbocycles. The van der Waals surface area contributed by atoms with E-state index in [4.69, 9.17) is 0 Å². The minimum atomic E-state index is -0.213. The van der Waals surface area contributed by atoms with Crippen molar-refractivity contribution in [1.82, 2.24) is 19.9 Å². The van der Waals surface area contributed by atoms with Gasteiger partial charge in [-0.15, -0.1) is 11.8 Å². The van der Waals surface area contributed by atoms with Crippen LogP contribution in [0.25, 0.3) is 10.9 Å². The highest BCUT2D eigenvalue weighted by Crippen LogP contribution is 2.23. The Morgan fingerprint density at radius 1 is 0.931 bits per heavy atom. The maximum absolute atomic E-state index is 12.1. The first-order chi connectivity index (χ1) is 14.0. The SMILES string of the molecule is Cc1ccc(SCc2cc(=O)[nH]c(Nc3nc(C)c4cc(C)ccc4n3)n2)cc1. The average Bonchev–Trinajstić information content (AvgIpc) is 2.68. The van der Waals surface area contributed by atoms with Crippen molar-refractivity contribution in [2.45, 2.75) is 31.4 Å². The lowest BCUT2D eigenvalue weighted by Gasteiger charge is -2.09. The fourth-order valence-electron chi connectivity index (χ4n) is 2.99. The molecule has 0 aliphatic heterocycles. The number of benzene rings is 2. The summed E-state index contributed by atoms with van der Waals surface area (Å²) in [5.41, 5.74) is 4.57. The Kier molecular flexibility index (Phi) is 5.31. The van der Waals surface area contributed by atoms with E-state index >= 15 is 0 Å². The summed E-state index contributed by atoms with van der Waals surface area (Å²) in [6.07, 6.45) is 0. The van der Waals surface area contributed by atoms with Crippen LogP contribution in [0.4, 0.5) is 11.9 Å². The summed E-state index contributed by atoms with van der Waals surface area (Å²) in [5.74, 6) is 1.34. The van der Waals surface area contributed by atoms with E-state index in [-0.39, 0.29) is 5.56 Å². The lowest BCUT2D eigenvalue weighted by molar-refractivity contribution is 1.04. The molecular formula is C22H21N5OS. The number of hydrogen-bond donors (Lipinski definition) is 2. The molecule has 0 amide bonds. The van der Waals surface area contributed by atoms with Gasteiger partial charge in [0.1, 0.15) is 0 Å². The number of aromatic amines is 1. The van der Waals surface area contributed by atoms with Gasteiger partial charge < -0.3 is 0 Å². The van der Waals surface area contributed by atoms with E-state index in [2.05, 4.69) is 62.5 Å². The molecule has 0 bridgehead atoms. The van der Waals surface area contributed by atoms with Crippen LogP contribution in [0.3, 0.4) is 0 Å². The van der Waals surface area contributed by atoms with Crippen molar-refractivity contribution in [2.24, 2.45) is 0 Å². The smallest absolute Gasteiger partial charge is 0.252 e. The van der Waals surface area contributed by atoms with E-state index in [9.17, 15) is 4.79 Å². The van der Waals surface area contributed by atoms with Crippen LogP contribution in [0.2, 0.25) is 0 Å². The standard InChI is InChI=1S/C22H21N5OS/c1-13-4-7-17(8-5-13)29-12-16-11-20(28)26-22(24-16)27-21-23-15(3)18-10-14(2)6-9-19(18)25-21/h4-11H,12H2,1-3H3,(H2,23,24,25,26,27,28). The number of nitrogens with zero attached hydrogens (tertiary/aromatic N) is 3. The summed E-state index contributed by atoms with van der Waals surface area (Å²) in [6.45, 7) is 6.04. The fourth-order valence-corrected chi connectivity index (χ4v) is 3.78. The lowest BCUT2D eigenvalue weighted by atomic mass is 10.1. The predicted molar refractivity (Wildman–Crippen MR) is 118 cm³/mol. The molecule has 0 saturated heterocycles. The van der Waals surface area contributed by atoms with E-state index in [1.807, 2.05) is 26.0 Å². The molecule has 2 heterocycles. The number of thioether (sulfide) groups is 1. The molecule has 29 heavy (non-hydrogen) atoms. The molecule has 0 unspecified atom stereocenters. The Bertz CT molecular complexity index is 1230. The molecule has 0 atom stereocenters. The molecule has 0 fully saturated rings. The summed E-state index contributed by atoms with van der Waals surface area (Å²) in [5, 5.41) is 4.05. The van der Waals surface area contributed by atoms with Crippen LogP contribution in [0.1, 0.15) is 22.5 Å². The largest absolute Gasteiger partial charge is 0.294 e. The minimum absolute atomic E-state index is 0.213. The molecule has 0 aliphatic carbocycles. The quantitative estimate of drug-likeness (QED) is 0.471. The van der Waals surface area contributed by atoms with Gasteiger partial charge in [0.25, 0.3) is 5.56 Å². The van der Waals surface area contributed by atoms with Gasteiger partial charge in [0.15, 0.2) is 0 Å². The molecule has 4 aromatic rings. The second-order valence-electron chi connectivity index (χ2n) is 6.97. The van der Waals surface area contributed by atoms with E-state index in [0.29, 0.717) is 23.3 Å². The van der Waals surface area contributed by atoms with E-state index in [0.717, 1.165) is 27.1 Å². The second-order valence-corrected chi connectivity index (χ2v) is 8.01. The Labute approximate surface area is 172 Å². The molecule has 6 nitrogen and oxygen atoms in total. The van der Waals surface area contributed by atoms with Crippen LogP contribution >= 0.6 is 11.8 Å². The van der Waals surface area contributed by atoms with E-state index in [1.54, 1.807) is 11.8 Å². The first kappa shape index (κ1) is 19.1. The van der Waals surface area contributed by atoms with Crippen molar-refractivity contribution in [3.8, 4) is 0 Å². The Morgan fingerprint density at radius 2 is 1.69 bits per heavy atom. The predicted octanol–water partition coefficient (Wildman–Crippen LogP) is 4.67. The van der Waals surface area contributed by atoms with Gasteiger partial charge >= 0.3 is 0 Å². The first-order valence-corrected chi connectivity index (χ1v) is 10.3. The lowest BCUT2D eigenvalue weighted by Crippen LogP contribution is -2.13. The van der Waals surface area contributed by atoms with Gasteiger partial charge in [-0.1, -0.05) is 29.3 Å². The highest BCUT2D eigenvalue weighted by atomic mass is 32.2. The Hall–Kier alpha value is -3.19. The molecule has 0 aliphatic rings. The van der Waals surface area contributed by atoms with Crippen molar-refractivity contribution in [3.63, 3.8) is 0 Å². The zero-order valence-corrected chi connectivity index (χ0v) is 17.3. The zero-order chi connectivity index (χ0) is 20.4. The number of hydrogen-bond acceptors (Lipinski definition) is 6. The zero-order valence-electron chi connectivity index (χ0n) is 16.5. The maximum Gasteiger partial charge on any atom is 0.252 e. The third kappa shape index (κ3) is 4.63. The number of rotatable bonds is 5. The molecule has 2 N–H and O–H groups in total. The number of aryl methyl sites for hydroxylation is 3. The normalized spacial score (nSPS) is 11.0. The molecule has 7 heteroatoms. The Morgan fingerprint density at radius 3 is 2.48 bits per heavy atom. The topological polar surface area (TPSA) is 83.6 Å². The Balaban J connectivity index is 1.56. The van der Waals surface area contributed by atoms with Crippen molar-refractivity contribution in [3.05, 3.63) is 81.4 Å². The van der Waals surface area contributed by atoms with Gasteiger partial charge in [-0.05, 0) is 45.0 Å². The van der Waals surface area contributed by atoms with Gasteiger partial charge in [0.05, 0.1) is 16.9 Å². The van der Waals surface area contributed by atoms with Crippen molar-refractivity contribution in [2.75, 3.05) is 5.32 Å². The molecule has 146 valence electrons. The van der Waals surface area contributed by atoms with Crippen LogP contribution in [-0.2, 0) is 5.75 Å². The number of anilines is 2. The van der Waals surface area contributed by atoms with Crippen LogP contribution in [0.5, 0.6) is 0 Å². The van der Waals surface area contributed by atoms with Gasteiger partial charge in [-0.3, -0.25) is 15.1 Å². The molecular weight excluding hydrogens is 382 g/mol. The number of H-pyrrole nitrogens is 1. The fraction of sp³-hybridized carbons (Fsp3) is 0.182. The molecule has 0 spiro atoms. The van der Waals surface area contributed by atoms with Crippen LogP contribution in [0, 0.1) is 20.8 Å². The van der Waals surface area contributed by atoms with Crippen molar-refractivity contribution >= 4 is 34.6 Å². The van der Waals surface area contributed by atoms with E-state index in [1.165, 1.54) is 11.6 Å². The van der Waals surface area contributed by atoms with Gasteiger partial charge in [-0.2, -0.15) is 0 Å². The summed E-state index contributed by atoms with van der Waals surface area (Å²) in [6, 6.07) is 15.8. The van der Waals surface area contributed by atoms with Gasteiger partial charge in [0, 0.05) is 22.1 Å². The monoisotopic (exact) mass is 403 g/mol. The summed E-state index contributed by atoms with van der Waals surface area (Å²) >= 11 is 1.64. The molecule has 2 aromatic heterocycles. The summed E-state index contributed by atoms with van der Waals surface area (Å²) < 4.78 is 0. The third-order valence-electron chi connectivity index (χ3n) is 4.47. The van der Waals surface area contributed by atoms with Crippen LogP contribution in [-0.4, -0.2) is 19.9 Å². The van der Waals surface area contributed by atoms with E-state index < -0.39 is 0 Å². The first-order valence-electron chi connectivity index (χ1n) is 9.28. The van der Waals surface area contributed by atoms with Gasteiger partial charge in [-0.25, -0.2) is 15.0 Å². The second kappa shape index (κ2) is 8.05. The minimum Gasteiger partial charge on any atom is -0.294 e. The number of nitrogens with one attached hydrogen (secondary N) is 2. The van der Waals surface area contributed by atoms with Crippen molar-refractivity contribution < 1.29 is 0 Å². The maximum atomic E-state index is 12.1. The summed E-state index contributed by atoms with van der Waals surface area (Å²) in [4.78, 5) is 29.5. The van der Waals surface area contributed by atoms with Crippen LogP contribution < -0.4 is 10.9 Å². The summed E-state index contributed by atoms with van der Waals surface area (Å²) in [7, 11) is 0. The third-order valence-corrected chi connectivity index (χ3v) is 5.52. The van der Waals surface area contributed by atoms with Crippen LogP contribution in [0.15, 0.2) is 58.2 Å². The molecule has 4 rings (SSSR count). The number of aromatic nitrogens is 4. The molecule has 2 aromatic carbocycles. The molecule has 0 radical (unpaired) electrons. The average molecular weight is 404 g/mol. The van der Waals surface area contributed by atoms with Gasteiger partial charge in [0.2, 0.25) is 11.9 Å².